The molecule has 1 aliphatic rings. The maximum Gasteiger partial charge on any atom is 0.140 e. The van der Waals surface area contributed by atoms with Gasteiger partial charge in [-0.2, -0.15) is 5.10 Å². The second kappa shape index (κ2) is 4.28. The summed E-state index contributed by atoms with van der Waals surface area (Å²) in [6.07, 6.45) is 1.62. The third-order valence-corrected chi connectivity index (χ3v) is 3.14. The summed E-state index contributed by atoms with van der Waals surface area (Å²) in [4.78, 5) is 6.74. The average molecular weight is 209 g/mol. The summed E-state index contributed by atoms with van der Waals surface area (Å²) in [5.41, 5.74) is 0. The molecule has 0 aromatic carbocycles. The maximum atomic E-state index is 4.27. The van der Waals surface area contributed by atoms with Crippen LogP contribution >= 0.6 is 0 Å². The number of rotatable bonds is 2. The predicted molar refractivity (Wildman–Crippen MR) is 58.3 cm³/mol. The topological polar surface area (TPSA) is 46.0 Å². The van der Waals surface area contributed by atoms with Crippen LogP contribution in [0.1, 0.15) is 19.7 Å². The molecule has 1 aromatic rings. The SMILES string of the molecule is CC1CNCC(C)N1Cc1ncnn1C. The molecule has 0 spiro atoms. The van der Waals surface area contributed by atoms with Crippen molar-refractivity contribution < 1.29 is 0 Å². The molecule has 5 nitrogen and oxygen atoms in total. The van der Waals surface area contributed by atoms with Gasteiger partial charge in [0.1, 0.15) is 12.2 Å². The van der Waals surface area contributed by atoms with E-state index in [1.54, 1.807) is 6.33 Å². The van der Waals surface area contributed by atoms with Crippen LogP contribution in [0, 0.1) is 0 Å². The Hall–Kier alpha value is -0.940. The Balaban J connectivity index is 2.06. The molecule has 84 valence electrons. The molecule has 0 amide bonds. The lowest BCUT2D eigenvalue weighted by Crippen LogP contribution is -2.54. The van der Waals surface area contributed by atoms with Crippen LogP contribution in [0.3, 0.4) is 0 Å². The van der Waals surface area contributed by atoms with Crippen LogP contribution in [0.15, 0.2) is 6.33 Å². The molecule has 5 heteroatoms. The number of aromatic nitrogens is 3. The molecule has 1 saturated heterocycles. The van der Waals surface area contributed by atoms with Crippen molar-refractivity contribution in [3.63, 3.8) is 0 Å². The molecular formula is C10H19N5. The lowest BCUT2D eigenvalue weighted by molar-refractivity contribution is 0.104. The third kappa shape index (κ3) is 2.18. The van der Waals surface area contributed by atoms with Crippen molar-refractivity contribution in [1.82, 2.24) is 25.0 Å². The van der Waals surface area contributed by atoms with Gasteiger partial charge in [0.2, 0.25) is 0 Å². The lowest BCUT2D eigenvalue weighted by atomic mass is 10.1. The molecule has 2 atom stereocenters. The third-order valence-electron chi connectivity index (χ3n) is 3.14. The average Bonchev–Trinajstić information content (AvgIpc) is 2.58. The van der Waals surface area contributed by atoms with Gasteiger partial charge in [0.15, 0.2) is 0 Å². The highest BCUT2D eigenvalue weighted by atomic mass is 15.3. The van der Waals surface area contributed by atoms with Crippen molar-refractivity contribution in [3.8, 4) is 0 Å². The Morgan fingerprint density at radius 3 is 2.60 bits per heavy atom. The first-order valence-corrected chi connectivity index (χ1v) is 5.48. The highest BCUT2D eigenvalue weighted by Gasteiger charge is 2.25. The molecule has 15 heavy (non-hydrogen) atoms. The standard InChI is InChI=1S/C10H19N5/c1-8-4-11-5-9(2)15(8)6-10-12-7-13-14(10)3/h7-9,11H,4-6H2,1-3H3. The van der Waals surface area contributed by atoms with Crippen molar-refractivity contribution in [2.24, 2.45) is 7.05 Å². The van der Waals surface area contributed by atoms with E-state index in [9.17, 15) is 0 Å². The summed E-state index contributed by atoms with van der Waals surface area (Å²) >= 11 is 0. The Labute approximate surface area is 90.5 Å². The summed E-state index contributed by atoms with van der Waals surface area (Å²) in [7, 11) is 1.94. The molecule has 2 heterocycles. The first-order chi connectivity index (χ1) is 7.18. The molecule has 2 rings (SSSR count). The Bertz CT molecular complexity index is 311. The fraction of sp³-hybridized carbons (Fsp3) is 0.800. The van der Waals surface area contributed by atoms with E-state index in [4.69, 9.17) is 0 Å². The lowest BCUT2D eigenvalue weighted by Gasteiger charge is -2.38. The molecule has 1 aliphatic heterocycles. The predicted octanol–water partition coefficient (Wildman–Crippen LogP) is -0.00270. The fourth-order valence-corrected chi connectivity index (χ4v) is 2.11. The Morgan fingerprint density at radius 2 is 2.07 bits per heavy atom. The molecule has 1 N–H and O–H groups in total. The summed E-state index contributed by atoms with van der Waals surface area (Å²) in [6, 6.07) is 1.12. The summed E-state index contributed by atoms with van der Waals surface area (Å²) < 4.78 is 1.85. The highest BCUT2D eigenvalue weighted by molar-refractivity contribution is 4.89. The van der Waals surface area contributed by atoms with E-state index in [1.807, 2.05) is 11.7 Å². The highest BCUT2D eigenvalue weighted by Crippen LogP contribution is 2.12. The molecule has 0 saturated carbocycles. The van der Waals surface area contributed by atoms with Gasteiger partial charge >= 0.3 is 0 Å². The van der Waals surface area contributed by atoms with Gasteiger partial charge in [-0.3, -0.25) is 9.58 Å². The number of nitrogens with zero attached hydrogens (tertiary/aromatic N) is 4. The minimum Gasteiger partial charge on any atom is -0.314 e. The zero-order valence-electron chi connectivity index (χ0n) is 9.64. The van der Waals surface area contributed by atoms with Gasteiger partial charge in [-0.05, 0) is 13.8 Å². The number of hydrogen-bond donors (Lipinski definition) is 1. The summed E-state index contributed by atoms with van der Waals surface area (Å²) in [5, 5.41) is 7.52. The zero-order chi connectivity index (χ0) is 10.8. The first kappa shape index (κ1) is 10.6. The van der Waals surface area contributed by atoms with E-state index in [0.29, 0.717) is 12.1 Å². The number of hydrogen-bond acceptors (Lipinski definition) is 4. The van der Waals surface area contributed by atoms with Crippen LogP contribution in [0.2, 0.25) is 0 Å². The number of nitrogens with one attached hydrogen (secondary N) is 1. The van der Waals surface area contributed by atoms with E-state index >= 15 is 0 Å². The van der Waals surface area contributed by atoms with Gasteiger partial charge in [0.05, 0.1) is 6.54 Å². The Morgan fingerprint density at radius 1 is 1.40 bits per heavy atom. The molecule has 1 fully saturated rings. The van der Waals surface area contributed by atoms with Gasteiger partial charge < -0.3 is 5.32 Å². The maximum absolute atomic E-state index is 4.27. The van der Waals surface area contributed by atoms with Gasteiger partial charge in [0.25, 0.3) is 0 Å². The van der Waals surface area contributed by atoms with Crippen LogP contribution in [0.25, 0.3) is 0 Å². The van der Waals surface area contributed by atoms with Crippen LogP contribution in [0.4, 0.5) is 0 Å². The fourth-order valence-electron chi connectivity index (χ4n) is 2.11. The summed E-state index contributed by atoms with van der Waals surface area (Å²) in [6.45, 7) is 7.50. The molecule has 0 radical (unpaired) electrons. The Kier molecular flexibility index (Phi) is 3.02. The smallest absolute Gasteiger partial charge is 0.140 e. The van der Waals surface area contributed by atoms with Crippen molar-refractivity contribution in [2.75, 3.05) is 13.1 Å². The second-order valence-corrected chi connectivity index (χ2v) is 4.33. The van der Waals surface area contributed by atoms with E-state index < -0.39 is 0 Å². The molecule has 2 unspecified atom stereocenters. The minimum absolute atomic E-state index is 0.561. The van der Waals surface area contributed by atoms with Gasteiger partial charge in [-0.25, -0.2) is 4.98 Å². The largest absolute Gasteiger partial charge is 0.314 e. The monoisotopic (exact) mass is 209 g/mol. The van der Waals surface area contributed by atoms with Crippen molar-refractivity contribution in [1.29, 1.82) is 0 Å². The van der Waals surface area contributed by atoms with Crippen LogP contribution < -0.4 is 5.32 Å². The van der Waals surface area contributed by atoms with Crippen LogP contribution in [-0.4, -0.2) is 44.8 Å². The van der Waals surface area contributed by atoms with Crippen molar-refractivity contribution >= 4 is 0 Å². The van der Waals surface area contributed by atoms with Gasteiger partial charge in [0, 0.05) is 32.2 Å². The zero-order valence-corrected chi connectivity index (χ0v) is 9.64. The molecular weight excluding hydrogens is 190 g/mol. The summed E-state index contributed by atoms with van der Waals surface area (Å²) in [5.74, 6) is 1.04. The van der Waals surface area contributed by atoms with Gasteiger partial charge in [-0.1, -0.05) is 0 Å². The van der Waals surface area contributed by atoms with Crippen molar-refractivity contribution in [3.05, 3.63) is 12.2 Å². The van der Waals surface area contributed by atoms with E-state index in [0.717, 1.165) is 25.5 Å². The van der Waals surface area contributed by atoms with Gasteiger partial charge in [-0.15, -0.1) is 0 Å². The van der Waals surface area contributed by atoms with Crippen LogP contribution in [-0.2, 0) is 13.6 Å². The van der Waals surface area contributed by atoms with E-state index in [-0.39, 0.29) is 0 Å². The number of aryl methyl sites for hydroxylation is 1. The molecule has 1 aromatic heterocycles. The van der Waals surface area contributed by atoms with E-state index in [1.165, 1.54) is 0 Å². The first-order valence-electron chi connectivity index (χ1n) is 5.48. The second-order valence-electron chi connectivity index (χ2n) is 4.33. The molecule has 0 aliphatic carbocycles. The minimum atomic E-state index is 0.561. The van der Waals surface area contributed by atoms with E-state index in [2.05, 4.69) is 34.1 Å². The quantitative estimate of drug-likeness (QED) is 0.744. The number of piperazine rings is 1. The van der Waals surface area contributed by atoms with Crippen molar-refractivity contribution in [2.45, 2.75) is 32.5 Å². The molecule has 0 bridgehead atoms. The van der Waals surface area contributed by atoms with Crippen LogP contribution in [0.5, 0.6) is 0 Å². The normalized spacial score (nSPS) is 28.2.